The summed E-state index contributed by atoms with van der Waals surface area (Å²) >= 11 is 0. The van der Waals surface area contributed by atoms with Gasteiger partial charge in [-0.1, -0.05) is 18.2 Å². The van der Waals surface area contributed by atoms with E-state index in [0.29, 0.717) is 33.5 Å². The van der Waals surface area contributed by atoms with Crippen LogP contribution in [0.25, 0.3) is 33.3 Å². The lowest BCUT2D eigenvalue weighted by Gasteiger charge is -2.12. The van der Waals surface area contributed by atoms with E-state index < -0.39 is 5.91 Å². The predicted molar refractivity (Wildman–Crippen MR) is 140 cm³/mol. The van der Waals surface area contributed by atoms with Crippen LogP contribution in [0.15, 0.2) is 79.3 Å². The molecular weight excluding hydrogens is 473 g/mol. The molecule has 0 bridgehead atoms. The van der Waals surface area contributed by atoms with Crippen molar-refractivity contribution in [2.24, 2.45) is 0 Å². The van der Waals surface area contributed by atoms with Gasteiger partial charge in [0, 0.05) is 36.8 Å². The Hall–Kier alpha value is -5.12. The maximum absolute atomic E-state index is 13.5. The molecule has 0 unspecified atom stereocenters. The molecule has 0 aliphatic rings. The number of halogens is 1. The van der Waals surface area contributed by atoms with Crippen LogP contribution in [0.5, 0.6) is 0 Å². The lowest BCUT2D eigenvalue weighted by atomic mass is 10.0. The van der Waals surface area contributed by atoms with Crippen molar-refractivity contribution >= 4 is 34.2 Å². The Balaban J connectivity index is 1.37. The van der Waals surface area contributed by atoms with Crippen molar-refractivity contribution in [3.05, 3.63) is 90.8 Å². The number of benzene rings is 2. The summed E-state index contributed by atoms with van der Waals surface area (Å²) in [7, 11) is 3.31. The molecule has 184 valence electrons. The molecule has 3 aromatic heterocycles. The molecule has 5 aromatic rings. The summed E-state index contributed by atoms with van der Waals surface area (Å²) in [6.45, 7) is 0. The third-order valence-electron chi connectivity index (χ3n) is 5.65. The number of pyridine rings is 2. The van der Waals surface area contributed by atoms with Crippen LogP contribution in [0.4, 0.5) is 20.6 Å². The summed E-state index contributed by atoms with van der Waals surface area (Å²) in [4.78, 5) is 35.0. The Labute approximate surface area is 211 Å². The number of fused-ring (bicyclic) bond motifs is 1. The molecule has 3 amide bonds. The van der Waals surface area contributed by atoms with E-state index in [-0.39, 0.29) is 17.5 Å². The number of anilines is 2. The SMILES string of the molecule is CN(C)C(=O)Nc1cncc(-c2ccc3[nH]nc(C(=O)Nc4ccc(-c5cccc(F)c5)nc4)c3c2)c1. The summed E-state index contributed by atoms with van der Waals surface area (Å²) in [5, 5.41) is 13.3. The smallest absolute Gasteiger partial charge is 0.321 e. The van der Waals surface area contributed by atoms with Crippen molar-refractivity contribution in [1.29, 1.82) is 0 Å². The minimum absolute atomic E-state index is 0.219. The quantitative estimate of drug-likeness (QED) is 0.311. The third-order valence-corrected chi connectivity index (χ3v) is 5.65. The number of urea groups is 1. The molecule has 3 heterocycles. The van der Waals surface area contributed by atoms with Gasteiger partial charge in [-0.25, -0.2) is 9.18 Å². The van der Waals surface area contributed by atoms with Gasteiger partial charge < -0.3 is 15.5 Å². The molecule has 37 heavy (non-hydrogen) atoms. The summed E-state index contributed by atoms with van der Waals surface area (Å²) in [5.41, 5.74) is 4.74. The van der Waals surface area contributed by atoms with E-state index in [2.05, 4.69) is 30.8 Å². The van der Waals surface area contributed by atoms with Gasteiger partial charge in [0.25, 0.3) is 5.91 Å². The monoisotopic (exact) mass is 495 g/mol. The Bertz CT molecular complexity index is 1610. The fourth-order valence-corrected chi connectivity index (χ4v) is 3.74. The molecule has 0 atom stereocenters. The van der Waals surface area contributed by atoms with E-state index in [0.717, 1.165) is 11.1 Å². The highest BCUT2D eigenvalue weighted by Crippen LogP contribution is 2.27. The maximum atomic E-state index is 13.5. The molecule has 0 saturated carbocycles. The number of carbonyl (C=O) groups is 2. The fraction of sp³-hybridized carbons (Fsp3) is 0.0741. The number of nitrogens with zero attached hydrogens (tertiary/aromatic N) is 4. The Kier molecular flexibility index (Phi) is 6.29. The third kappa shape index (κ3) is 5.13. The first-order chi connectivity index (χ1) is 17.9. The van der Waals surface area contributed by atoms with Crippen LogP contribution in [-0.2, 0) is 0 Å². The normalized spacial score (nSPS) is 10.8. The van der Waals surface area contributed by atoms with E-state index in [1.54, 1.807) is 56.8 Å². The highest BCUT2D eigenvalue weighted by atomic mass is 19.1. The zero-order chi connectivity index (χ0) is 25.9. The highest BCUT2D eigenvalue weighted by Gasteiger charge is 2.16. The van der Waals surface area contributed by atoms with Gasteiger partial charge in [0.15, 0.2) is 5.69 Å². The van der Waals surface area contributed by atoms with Crippen molar-refractivity contribution < 1.29 is 14.0 Å². The second-order valence-corrected chi connectivity index (χ2v) is 8.52. The van der Waals surface area contributed by atoms with Gasteiger partial charge in [0.05, 0.1) is 35.0 Å². The number of H-pyrrole nitrogens is 1. The number of carbonyl (C=O) groups excluding carboxylic acids is 2. The first kappa shape index (κ1) is 23.6. The second-order valence-electron chi connectivity index (χ2n) is 8.52. The van der Waals surface area contributed by atoms with Gasteiger partial charge >= 0.3 is 6.03 Å². The van der Waals surface area contributed by atoms with Crippen LogP contribution in [-0.4, -0.2) is 51.1 Å². The molecule has 0 aliphatic carbocycles. The highest BCUT2D eigenvalue weighted by molar-refractivity contribution is 6.11. The first-order valence-electron chi connectivity index (χ1n) is 11.3. The predicted octanol–water partition coefficient (Wildman–Crippen LogP) is 5.17. The fourth-order valence-electron chi connectivity index (χ4n) is 3.74. The molecule has 0 saturated heterocycles. The summed E-state index contributed by atoms with van der Waals surface area (Å²) in [6, 6.07) is 16.6. The maximum Gasteiger partial charge on any atom is 0.321 e. The number of hydrogen-bond acceptors (Lipinski definition) is 5. The zero-order valence-corrected chi connectivity index (χ0v) is 20.0. The van der Waals surface area contributed by atoms with E-state index in [1.165, 1.54) is 23.2 Å². The Morgan fingerprint density at radius 1 is 0.865 bits per heavy atom. The molecule has 2 aromatic carbocycles. The standard InChI is InChI=1S/C27H22FN7O2/c1-35(2)27(37)32-21-11-18(13-29-14-21)16-6-8-24-22(12-16)25(34-33-24)26(36)31-20-7-9-23(30-15-20)17-4-3-5-19(28)10-17/h3-15H,1-2H3,(H,31,36)(H,32,37)(H,33,34). The van der Waals surface area contributed by atoms with Crippen LogP contribution in [0.2, 0.25) is 0 Å². The summed E-state index contributed by atoms with van der Waals surface area (Å²) in [5.74, 6) is -0.754. The summed E-state index contributed by atoms with van der Waals surface area (Å²) < 4.78 is 13.5. The van der Waals surface area contributed by atoms with Crippen molar-refractivity contribution in [2.75, 3.05) is 24.7 Å². The van der Waals surface area contributed by atoms with E-state index in [9.17, 15) is 14.0 Å². The molecule has 0 fully saturated rings. The first-order valence-corrected chi connectivity index (χ1v) is 11.3. The molecule has 9 nitrogen and oxygen atoms in total. The second kappa shape index (κ2) is 9.86. The van der Waals surface area contributed by atoms with Gasteiger partial charge in [-0.3, -0.25) is 19.9 Å². The topological polar surface area (TPSA) is 116 Å². The van der Waals surface area contributed by atoms with Crippen molar-refractivity contribution in [2.45, 2.75) is 0 Å². The average Bonchev–Trinajstić information content (AvgIpc) is 3.33. The van der Waals surface area contributed by atoms with E-state index in [4.69, 9.17) is 0 Å². The number of amides is 3. The van der Waals surface area contributed by atoms with Gasteiger partial charge in [-0.05, 0) is 48.0 Å². The lowest BCUT2D eigenvalue weighted by molar-refractivity contribution is 0.102. The van der Waals surface area contributed by atoms with Crippen molar-refractivity contribution in [3.8, 4) is 22.4 Å². The number of nitrogens with one attached hydrogen (secondary N) is 3. The molecule has 0 radical (unpaired) electrons. The number of hydrogen-bond donors (Lipinski definition) is 3. The zero-order valence-electron chi connectivity index (χ0n) is 20.0. The molecule has 10 heteroatoms. The number of aromatic nitrogens is 4. The average molecular weight is 496 g/mol. The van der Waals surface area contributed by atoms with Crippen molar-refractivity contribution in [1.82, 2.24) is 25.1 Å². The van der Waals surface area contributed by atoms with E-state index in [1.807, 2.05) is 18.2 Å². The van der Waals surface area contributed by atoms with Gasteiger partial charge in [-0.15, -0.1) is 0 Å². The van der Waals surface area contributed by atoms with Gasteiger partial charge in [-0.2, -0.15) is 5.10 Å². The Morgan fingerprint density at radius 3 is 2.49 bits per heavy atom. The molecule has 3 N–H and O–H groups in total. The van der Waals surface area contributed by atoms with E-state index >= 15 is 0 Å². The minimum atomic E-state index is -0.408. The van der Waals surface area contributed by atoms with Crippen LogP contribution >= 0.6 is 0 Å². The molecule has 5 rings (SSSR count). The number of rotatable bonds is 5. The molecule has 0 spiro atoms. The molecular formula is C27H22FN7O2. The summed E-state index contributed by atoms with van der Waals surface area (Å²) in [6.07, 6.45) is 4.75. The van der Waals surface area contributed by atoms with Crippen LogP contribution in [0.1, 0.15) is 10.5 Å². The minimum Gasteiger partial charge on any atom is -0.331 e. The Morgan fingerprint density at radius 2 is 1.73 bits per heavy atom. The largest absolute Gasteiger partial charge is 0.331 e. The number of aromatic amines is 1. The van der Waals surface area contributed by atoms with Crippen molar-refractivity contribution in [3.63, 3.8) is 0 Å². The van der Waals surface area contributed by atoms with Gasteiger partial charge in [0.1, 0.15) is 5.82 Å². The van der Waals surface area contributed by atoms with Gasteiger partial charge in [0.2, 0.25) is 0 Å². The van der Waals surface area contributed by atoms with Crippen LogP contribution < -0.4 is 10.6 Å². The van der Waals surface area contributed by atoms with Crippen LogP contribution in [0.3, 0.4) is 0 Å². The molecule has 0 aliphatic heterocycles. The van der Waals surface area contributed by atoms with Crippen LogP contribution in [0, 0.1) is 5.82 Å². The lowest BCUT2D eigenvalue weighted by Crippen LogP contribution is -2.27.